The predicted octanol–water partition coefficient (Wildman–Crippen LogP) is 2.94. The summed E-state index contributed by atoms with van der Waals surface area (Å²) in [6.45, 7) is 1.86. The normalized spacial score (nSPS) is 10.8. The van der Waals surface area contributed by atoms with Crippen molar-refractivity contribution in [2.24, 2.45) is 0 Å². The lowest BCUT2D eigenvalue weighted by molar-refractivity contribution is 0.101. The fraction of sp³-hybridized carbons (Fsp3) is 0.0625. The van der Waals surface area contributed by atoms with Crippen molar-refractivity contribution in [3.05, 3.63) is 59.9 Å². The van der Waals surface area contributed by atoms with Crippen LogP contribution in [0.15, 0.2) is 52.9 Å². The monoisotopic (exact) mass is 352 g/mol. The first-order valence-corrected chi connectivity index (χ1v) is 8.23. The Bertz CT molecular complexity index is 1020. The van der Waals surface area contributed by atoms with E-state index in [1.165, 1.54) is 17.7 Å². The third-order valence-electron chi connectivity index (χ3n) is 3.47. The minimum Gasteiger partial charge on any atom is -0.355 e. The molecule has 0 atom stereocenters. The molecule has 0 aromatic carbocycles. The molecule has 8 nitrogen and oxygen atoms in total. The first kappa shape index (κ1) is 15.2. The van der Waals surface area contributed by atoms with Crippen LogP contribution in [0.1, 0.15) is 16.3 Å². The standard InChI is InChI=1S/C16H12N6O2S/c1-10-17-4-5-22(10)15-8-14(18-9-19-15)20-16(23)11-7-12(24-21-11)13-3-2-6-25-13/h2-9H,1H3,(H,18,19,20,23). The minimum atomic E-state index is -0.404. The molecule has 1 N–H and O–H groups in total. The Hall–Kier alpha value is -3.33. The van der Waals surface area contributed by atoms with Crippen LogP contribution in [-0.4, -0.2) is 30.6 Å². The van der Waals surface area contributed by atoms with Crippen LogP contribution in [0.25, 0.3) is 16.5 Å². The molecule has 1 amide bonds. The van der Waals surface area contributed by atoms with E-state index < -0.39 is 5.91 Å². The van der Waals surface area contributed by atoms with Gasteiger partial charge in [0, 0.05) is 24.5 Å². The second kappa shape index (κ2) is 6.29. The molecule has 4 heterocycles. The van der Waals surface area contributed by atoms with Crippen molar-refractivity contribution in [3.8, 4) is 16.5 Å². The Morgan fingerprint density at radius 2 is 2.20 bits per heavy atom. The summed E-state index contributed by atoms with van der Waals surface area (Å²) in [6.07, 6.45) is 4.84. The number of nitrogens with one attached hydrogen (secondary N) is 1. The third kappa shape index (κ3) is 3.04. The zero-order valence-corrected chi connectivity index (χ0v) is 13.9. The highest BCUT2D eigenvalue weighted by molar-refractivity contribution is 7.13. The van der Waals surface area contributed by atoms with Gasteiger partial charge >= 0.3 is 0 Å². The van der Waals surface area contributed by atoms with Crippen molar-refractivity contribution in [3.63, 3.8) is 0 Å². The third-order valence-corrected chi connectivity index (χ3v) is 4.36. The molecule has 0 fully saturated rings. The van der Waals surface area contributed by atoms with Crippen LogP contribution in [0.4, 0.5) is 5.82 Å². The maximum atomic E-state index is 12.4. The second-order valence-corrected chi connectivity index (χ2v) is 6.06. The molecular weight excluding hydrogens is 340 g/mol. The number of hydrogen-bond acceptors (Lipinski definition) is 7. The number of hydrogen-bond donors (Lipinski definition) is 1. The number of aromatic nitrogens is 5. The molecule has 25 heavy (non-hydrogen) atoms. The lowest BCUT2D eigenvalue weighted by atomic mass is 10.3. The van der Waals surface area contributed by atoms with Crippen LogP contribution in [0.5, 0.6) is 0 Å². The SMILES string of the molecule is Cc1nccn1-c1cc(NC(=O)c2cc(-c3cccs3)on2)ncn1. The van der Waals surface area contributed by atoms with Gasteiger partial charge in [-0.25, -0.2) is 15.0 Å². The number of nitrogens with zero attached hydrogens (tertiary/aromatic N) is 5. The van der Waals surface area contributed by atoms with Crippen molar-refractivity contribution in [1.82, 2.24) is 24.7 Å². The van der Waals surface area contributed by atoms with E-state index >= 15 is 0 Å². The van der Waals surface area contributed by atoms with Crippen molar-refractivity contribution in [2.45, 2.75) is 6.92 Å². The Morgan fingerprint density at radius 3 is 2.96 bits per heavy atom. The average molecular weight is 352 g/mol. The summed E-state index contributed by atoms with van der Waals surface area (Å²) in [5.74, 6) is 1.91. The van der Waals surface area contributed by atoms with E-state index in [-0.39, 0.29) is 5.69 Å². The molecule has 0 radical (unpaired) electrons. The molecule has 124 valence electrons. The van der Waals surface area contributed by atoms with Gasteiger partial charge in [0.1, 0.15) is 23.8 Å². The Kier molecular flexibility index (Phi) is 3.82. The van der Waals surface area contributed by atoms with Crippen LogP contribution < -0.4 is 5.32 Å². The minimum absolute atomic E-state index is 0.183. The molecule has 9 heteroatoms. The van der Waals surface area contributed by atoms with Crippen molar-refractivity contribution in [2.75, 3.05) is 5.32 Å². The van der Waals surface area contributed by atoms with Gasteiger partial charge in [0.05, 0.1) is 4.88 Å². The van der Waals surface area contributed by atoms with E-state index in [1.807, 2.05) is 24.4 Å². The van der Waals surface area contributed by atoms with Gasteiger partial charge < -0.3 is 9.84 Å². The first-order valence-electron chi connectivity index (χ1n) is 7.35. The summed E-state index contributed by atoms with van der Waals surface area (Å²) in [5.41, 5.74) is 0.183. The van der Waals surface area contributed by atoms with Crippen molar-refractivity contribution in [1.29, 1.82) is 0 Å². The van der Waals surface area contributed by atoms with Gasteiger partial charge in [-0.3, -0.25) is 9.36 Å². The molecule has 0 aliphatic carbocycles. The van der Waals surface area contributed by atoms with Crippen molar-refractivity contribution < 1.29 is 9.32 Å². The lowest BCUT2D eigenvalue weighted by Gasteiger charge is -2.06. The summed E-state index contributed by atoms with van der Waals surface area (Å²) >= 11 is 1.51. The van der Waals surface area contributed by atoms with E-state index in [9.17, 15) is 4.79 Å². The van der Waals surface area contributed by atoms with E-state index in [1.54, 1.807) is 29.1 Å². The van der Waals surface area contributed by atoms with Gasteiger partial charge in [-0.05, 0) is 18.4 Å². The van der Waals surface area contributed by atoms with Crippen LogP contribution in [-0.2, 0) is 0 Å². The quantitative estimate of drug-likeness (QED) is 0.606. The molecule has 0 aliphatic rings. The molecule has 0 unspecified atom stereocenters. The van der Waals surface area contributed by atoms with Gasteiger partial charge in [0.2, 0.25) is 0 Å². The summed E-state index contributed by atoms with van der Waals surface area (Å²) in [7, 11) is 0. The van der Waals surface area contributed by atoms with E-state index in [2.05, 4.69) is 25.4 Å². The van der Waals surface area contributed by atoms with Crippen LogP contribution in [0.2, 0.25) is 0 Å². The van der Waals surface area contributed by atoms with Gasteiger partial charge in [-0.1, -0.05) is 11.2 Å². The summed E-state index contributed by atoms with van der Waals surface area (Å²) in [4.78, 5) is 25.7. The maximum Gasteiger partial charge on any atom is 0.279 e. The molecule has 0 spiro atoms. The highest BCUT2D eigenvalue weighted by Crippen LogP contribution is 2.25. The molecule has 0 bridgehead atoms. The largest absolute Gasteiger partial charge is 0.355 e. The van der Waals surface area contributed by atoms with E-state index in [0.29, 0.717) is 17.4 Å². The van der Waals surface area contributed by atoms with Crippen LogP contribution in [0, 0.1) is 6.92 Å². The number of carbonyl (C=O) groups is 1. The highest BCUT2D eigenvalue weighted by atomic mass is 32.1. The number of anilines is 1. The van der Waals surface area contributed by atoms with E-state index in [4.69, 9.17) is 4.52 Å². The van der Waals surface area contributed by atoms with Gasteiger partial charge in [0.15, 0.2) is 11.5 Å². The van der Waals surface area contributed by atoms with Crippen LogP contribution in [0.3, 0.4) is 0 Å². The number of rotatable bonds is 4. The molecular formula is C16H12N6O2S. The summed E-state index contributed by atoms with van der Waals surface area (Å²) in [5, 5.41) is 8.44. The second-order valence-electron chi connectivity index (χ2n) is 5.11. The zero-order valence-electron chi connectivity index (χ0n) is 13.1. The number of aryl methyl sites for hydroxylation is 1. The summed E-state index contributed by atoms with van der Waals surface area (Å²) in [6, 6.07) is 7.07. The maximum absolute atomic E-state index is 12.4. The number of thiophene rings is 1. The van der Waals surface area contributed by atoms with Crippen LogP contribution >= 0.6 is 11.3 Å². The van der Waals surface area contributed by atoms with E-state index in [0.717, 1.165) is 10.7 Å². The fourth-order valence-electron chi connectivity index (χ4n) is 2.26. The molecule has 4 aromatic heterocycles. The number of imidazole rings is 1. The zero-order chi connectivity index (χ0) is 17.2. The molecule has 0 saturated carbocycles. The Balaban J connectivity index is 1.54. The van der Waals surface area contributed by atoms with Gasteiger partial charge in [0.25, 0.3) is 5.91 Å². The molecule has 0 saturated heterocycles. The summed E-state index contributed by atoms with van der Waals surface area (Å²) < 4.78 is 7.01. The van der Waals surface area contributed by atoms with Gasteiger partial charge in [-0.15, -0.1) is 11.3 Å². The van der Waals surface area contributed by atoms with Crippen molar-refractivity contribution >= 4 is 23.1 Å². The smallest absolute Gasteiger partial charge is 0.279 e. The fourth-order valence-corrected chi connectivity index (χ4v) is 2.94. The molecule has 4 rings (SSSR count). The topological polar surface area (TPSA) is 98.7 Å². The first-order chi connectivity index (χ1) is 12.2. The average Bonchev–Trinajstić information content (AvgIpc) is 3.36. The van der Waals surface area contributed by atoms with Gasteiger partial charge in [-0.2, -0.15) is 0 Å². The molecule has 4 aromatic rings. The number of amides is 1. The predicted molar refractivity (Wildman–Crippen MR) is 91.7 cm³/mol. The Labute approximate surface area is 146 Å². The highest BCUT2D eigenvalue weighted by Gasteiger charge is 2.15. The lowest BCUT2D eigenvalue weighted by Crippen LogP contribution is -2.14. The number of carbonyl (C=O) groups excluding carboxylic acids is 1. The Morgan fingerprint density at radius 1 is 1.28 bits per heavy atom. The molecule has 0 aliphatic heterocycles.